The van der Waals surface area contributed by atoms with E-state index in [1.54, 1.807) is 16.7 Å². The van der Waals surface area contributed by atoms with E-state index in [0.717, 1.165) is 12.0 Å². The molecule has 0 bridgehead atoms. The smallest absolute Gasteiger partial charge is 0.306 e. The van der Waals surface area contributed by atoms with Gasteiger partial charge in [0.05, 0.1) is 18.9 Å². The summed E-state index contributed by atoms with van der Waals surface area (Å²) in [4.78, 5) is 32.6. The molecule has 1 aromatic rings. The number of hydrogen-bond donors (Lipinski definition) is 1. The quantitative estimate of drug-likeness (QED) is 0.547. The number of aromatic nitrogens is 1. The van der Waals surface area contributed by atoms with E-state index in [1.807, 2.05) is 0 Å². The molecule has 1 aliphatic heterocycles. The zero-order chi connectivity index (χ0) is 15.9. The van der Waals surface area contributed by atoms with Gasteiger partial charge >= 0.3 is 11.9 Å². The number of rotatable bonds is 9. The van der Waals surface area contributed by atoms with Gasteiger partial charge in [-0.3, -0.25) is 14.4 Å². The Morgan fingerprint density at radius 2 is 2.32 bits per heavy atom. The van der Waals surface area contributed by atoms with Crippen LogP contribution < -0.4 is 0 Å². The molecule has 0 aromatic carbocycles. The van der Waals surface area contributed by atoms with Crippen molar-refractivity contribution in [2.75, 3.05) is 6.61 Å². The van der Waals surface area contributed by atoms with Crippen LogP contribution in [0.4, 0.5) is 0 Å². The molecule has 0 aliphatic carbocycles. The second kappa shape index (κ2) is 7.74. The summed E-state index contributed by atoms with van der Waals surface area (Å²) < 4.78 is 12.4. The van der Waals surface area contributed by atoms with E-state index >= 15 is 0 Å². The zero-order valence-electron chi connectivity index (χ0n) is 12.2. The third-order valence-electron chi connectivity index (χ3n) is 3.52. The van der Waals surface area contributed by atoms with Gasteiger partial charge < -0.3 is 19.1 Å². The number of aldehydes is 1. The molecule has 0 saturated carbocycles. The van der Waals surface area contributed by atoms with Crippen LogP contribution in [0.5, 0.6) is 0 Å². The molecule has 1 saturated heterocycles. The normalized spacial score (nSPS) is 17.5. The highest BCUT2D eigenvalue weighted by molar-refractivity contribution is 5.73. The maximum Gasteiger partial charge on any atom is 0.306 e. The first-order valence-corrected chi connectivity index (χ1v) is 7.22. The van der Waals surface area contributed by atoms with Gasteiger partial charge in [0.15, 0.2) is 6.29 Å². The molecule has 2 heterocycles. The lowest BCUT2D eigenvalue weighted by atomic mass is 10.2. The molecule has 1 N–H and O–H groups in total. The van der Waals surface area contributed by atoms with E-state index in [2.05, 4.69) is 0 Å². The molecule has 1 aromatic heterocycles. The second-order valence-corrected chi connectivity index (χ2v) is 5.18. The summed E-state index contributed by atoms with van der Waals surface area (Å²) in [5, 5.41) is 8.68. The SMILES string of the molecule is O=Cc1ccc(COC[C@H]2CCC(=O)O2)n1CCCC(=O)O. The van der Waals surface area contributed by atoms with Crippen molar-refractivity contribution in [2.45, 2.75) is 44.9 Å². The van der Waals surface area contributed by atoms with Crippen LogP contribution in [0.15, 0.2) is 12.1 Å². The Balaban J connectivity index is 1.86. The standard InChI is InChI=1S/C15H19NO6/c17-8-11-3-4-12(16(11)7-1-2-14(18)19)9-21-10-13-5-6-15(20)22-13/h3-4,8,13H,1-2,5-7,9-10H2,(H,18,19)/t13-/m1/s1. The van der Waals surface area contributed by atoms with Gasteiger partial charge in [-0.15, -0.1) is 0 Å². The first kappa shape index (κ1) is 16.2. The molecule has 0 amide bonds. The summed E-state index contributed by atoms with van der Waals surface area (Å²) in [6, 6.07) is 3.47. The number of nitrogens with zero attached hydrogens (tertiary/aromatic N) is 1. The van der Waals surface area contributed by atoms with Gasteiger partial charge in [0, 0.05) is 25.1 Å². The number of ether oxygens (including phenoxy) is 2. The molecule has 1 atom stereocenters. The number of carboxylic acids is 1. The number of cyclic esters (lactones) is 1. The van der Waals surface area contributed by atoms with Crippen molar-refractivity contribution < 1.29 is 29.0 Å². The van der Waals surface area contributed by atoms with E-state index in [1.165, 1.54) is 0 Å². The van der Waals surface area contributed by atoms with Gasteiger partial charge in [-0.05, 0) is 25.0 Å². The fourth-order valence-corrected chi connectivity index (χ4v) is 2.41. The molecule has 7 nitrogen and oxygen atoms in total. The molecule has 2 rings (SSSR count). The summed E-state index contributed by atoms with van der Waals surface area (Å²) in [7, 11) is 0. The Morgan fingerprint density at radius 1 is 1.50 bits per heavy atom. The Hall–Kier alpha value is -2.15. The van der Waals surface area contributed by atoms with E-state index in [9.17, 15) is 14.4 Å². The Bertz CT molecular complexity index is 550. The molecule has 1 aliphatic rings. The van der Waals surface area contributed by atoms with Gasteiger partial charge in [0.1, 0.15) is 6.10 Å². The van der Waals surface area contributed by atoms with Gasteiger partial charge in [0.25, 0.3) is 0 Å². The molecule has 22 heavy (non-hydrogen) atoms. The van der Waals surface area contributed by atoms with E-state index < -0.39 is 5.97 Å². The fraction of sp³-hybridized carbons (Fsp3) is 0.533. The van der Waals surface area contributed by atoms with Gasteiger partial charge in [-0.25, -0.2) is 0 Å². The Labute approximate surface area is 127 Å². The predicted molar refractivity (Wildman–Crippen MR) is 75.5 cm³/mol. The first-order valence-electron chi connectivity index (χ1n) is 7.22. The van der Waals surface area contributed by atoms with Crippen molar-refractivity contribution in [3.63, 3.8) is 0 Å². The van der Waals surface area contributed by atoms with Crippen LogP contribution in [0, 0.1) is 0 Å². The van der Waals surface area contributed by atoms with Crippen LogP contribution in [0.2, 0.25) is 0 Å². The molecule has 1 fully saturated rings. The van der Waals surface area contributed by atoms with Crippen molar-refractivity contribution in [3.8, 4) is 0 Å². The average Bonchev–Trinajstić information content (AvgIpc) is 3.05. The van der Waals surface area contributed by atoms with Gasteiger partial charge in [-0.2, -0.15) is 0 Å². The summed E-state index contributed by atoms with van der Waals surface area (Å²) in [6.45, 7) is 1.06. The molecule has 0 radical (unpaired) electrons. The Morgan fingerprint density at radius 3 is 2.95 bits per heavy atom. The lowest BCUT2D eigenvalue weighted by Gasteiger charge is -2.13. The second-order valence-electron chi connectivity index (χ2n) is 5.18. The van der Waals surface area contributed by atoms with Crippen molar-refractivity contribution in [3.05, 3.63) is 23.5 Å². The first-order chi connectivity index (χ1) is 10.6. The lowest BCUT2D eigenvalue weighted by molar-refractivity contribution is -0.143. The topological polar surface area (TPSA) is 94.8 Å². The third kappa shape index (κ3) is 4.42. The van der Waals surface area contributed by atoms with Crippen LogP contribution in [-0.2, 0) is 32.2 Å². The van der Waals surface area contributed by atoms with Crippen LogP contribution in [0.1, 0.15) is 41.9 Å². The minimum Gasteiger partial charge on any atom is -0.481 e. The van der Waals surface area contributed by atoms with Crippen molar-refractivity contribution in [2.24, 2.45) is 0 Å². The van der Waals surface area contributed by atoms with E-state index in [4.69, 9.17) is 14.6 Å². The number of hydrogen-bond acceptors (Lipinski definition) is 5. The van der Waals surface area contributed by atoms with Crippen LogP contribution in [0.3, 0.4) is 0 Å². The molecular formula is C15H19NO6. The number of esters is 1. The van der Waals surface area contributed by atoms with Gasteiger partial charge in [-0.1, -0.05) is 0 Å². The fourth-order valence-electron chi connectivity index (χ4n) is 2.41. The zero-order valence-corrected chi connectivity index (χ0v) is 12.2. The summed E-state index contributed by atoms with van der Waals surface area (Å²) >= 11 is 0. The Kier molecular flexibility index (Phi) is 5.71. The molecule has 7 heteroatoms. The largest absolute Gasteiger partial charge is 0.481 e. The monoisotopic (exact) mass is 309 g/mol. The summed E-state index contributed by atoms with van der Waals surface area (Å²) in [6.07, 6.45) is 2.12. The minimum atomic E-state index is -0.861. The summed E-state index contributed by atoms with van der Waals surface area (Å²) in [5.41, 5.74) is 1.30. The highest BCUT2D eigenvalue weighted by Gasteiger charge is 2.23. The van der Waals surface area contributed by atoms with E-state index in [0.29, 0.717) is 38.1 Å². The van der Waals surface area contributed by atoms with Crippen LogP contribution in [0.25, 0.3) is 0 Å². The van der Waals surface area contributed by atoms with Crippen molar-refractivity contribution >= 4 is 18.2 Å². The van der Waals surface area contributed by atoms with Crippen LogP contribution in [-0.4, -0.2) is 40.6 Å². The lowest BCUT2D eigenvalue weighted by Crippen LogP contribution is -2.16. The number of carboxylic acid groups (broad SMARTS) is 1. The van der Waals surface area contributed by atoms with Crippen molar-refractivity contribution in [1.82, 2.24) is 4.57 Å². The predicted octanol–water partition coefficient (Wildman–Crippen LogP) is 1.39. The maximum absolute atomic E-state index is 11.0. The third-order valence-corrected chi connectivity index (χ3v) is 3.52. The number of carbonyl (C=O) groups is 3. The molecular weight excluding hydrogens is 290 g/mol. The maximum atomic E-state index is 11.0. The average molecular weight is 309 g/mol. The minimum absolute atomic E-state index is 0.0504. The van der Waals surface area contributed by atoms with Gasteiger partial charge in [0.2, 0.25) is 0 Å². The molecule has 120 valence electrons. The van der Waals surface area contributed by atoms with Crippen molar-refractivity contribution in [1.29, 1.82) is 0 Å². The number of aliphatic carboxylic acids is 1. The van der Waals surface area contributed by atoms with Crippen LogP contribution >= 0.6 is 0 Å². The van der Waals surface area contributed by atoms with E-state index in [-0.39, 0.29) is 25.1 Å². The summed E-state index contributed by atoms with van der Waals surface area (Å²) in [5.74, 6) is -1.06. The highest BCUT2D eigenvalue weighted by Crippen LogP contribution is 2.16. The number of carbonyl (C=O) groups excluding carboxylic acids is 2. The molecule has 0 unspecified atom stereocenters. The highest BCUT2D eigenvalue weighted by atomic mass is 16.6. The molecule has 0 spiro atoms.